The predicted octanol–water partition coefficient (Wildman–Crippen LogP) is 1.98. The molecule has 1 N–H and O–H groups in total. The summed E-state index contributed by atoms with van der Waals surface area (Å²) in [4.78, 5) is 2.49. The van der Waals surface area contributed by atoms with E-state index in [1.54, 1.807) is 6.07 Å². The minimum Gasteiger partial charge on any atom is -0.486 e. The molecule has 23 heavy (non-hydrogen) atoms. The van der Waals surface area contributed by atoms with E-state index in [9.17, 15) is 8.42 Å². The zero-order chi connectivity index (χ0) is 16.4. The lowest BCUT2D eigenvalue weighted by atomic mass is 10.2. The van der Waals surface area contributed by atoms with Gasteiger partial charge in [-0.2, -0.15) is 0 Å². The van der Waals surface area contributed by atoms with Crippen LogP contribution in [0.25, 0.3) is 0 Å². The largest absolute Gasteiger partial charge is 0.486 e. The van der Waals surface area contributed by atoms with Crippen LogP contribution < -0.4 is 14.2 Å². The van der Waals surface area contributed by atoms with Gasteiger partial charge in [0.25, 0.3) is 0 Å². The van der Waals surface area contributed by atoms with Gasteiger partial charge in [0.05, 0.1) is 0 Å². The molecule has 2 aliphatic heterocycles. The number of nitrogens with one attached hydrogen (secondary N) is 1. The Morgan fingerprint density at radius 1 is 1.30 bits per heavy atom. The van der Waals surface area contributed by atoms with Crippen LogP contribution in [0.2, 0.25) is 0 Å². The molecule has 0 aliphatic carbocycles. The zero-order valence-electron chi connectivity index (χ0n) is 13.0. The third-order valence-electron chi connectivity index (χ3n) is 4.30. The monoisotopic (exact) mass is 404 g/mol. The van der Waals surface area contributed by atoms with Crippen molar-refractivity contribution in [2.45, 2.75) is 30.7 Å². The second-order valence-corrected chi connectivity index (χ2v) is 8.29. The van der Waals surface area contributed by atoms with Crippen molar-refractivity contribution in [3.63, 3.8) is 0 Å². The van der Waals surface area contributed by atoms with E-state index in [1.807, 2.05) is 0 Å². The molecule has 8 heteroatoms. The van der Waals surface area contributed by atoms with Crippen LogP contribution in [0.4, 0.5) is 0 Å². The number of benzene rings is 1. The van der Waals surface area contributed by atoms with Crippen LogP contribution in [0.5, 0.6) is 11.5 Å². The number of sulfonamides is 1. The van der Waals surface area contributed by atoms with Gasteiger partial charge in [0.1, 0.15) is 18.1 Å². The van der Waals surface area contributed by atoms with E-state index < -0.39 is 10.0 Å². The fourth-order valence-electron chi connectivity index (χ4n) is 3.08. The first-order chi connectivity index (χ1) is 11.0. The van der Waals surface area contributed by atoms with Crippen LogP contribution in [0, 0.1) is 0 Å². The average Bonchev–Trinajstić information content (AvgIpc) is 3.00. The maximum absolute atomic E-state index is 12.6. The molecule has 1 saturated heterocycles. The molecule has 3 rings (SSSR count). The molecular weight excluding hydrogens is 384 g/mol. The van der Waals surface area contributed by atoms with Crippen molar-refractivity contribution in [3.8, 4) is 11.5 Å². The van der Waals surface area contributed by atoms with Crippen LogP contribution in [0.1, 0.15) is 19.8 Å². The third-order valence-corrected chi connectivity index (χ3v) is 6.68. The molecule has 0 amide bonds. The van der Waals surface area contributed by atoms with E-state index in [1.165, 1.54) is 6.07 Å². The Balaban J connectivity index is 1.77. The summed E-state index contributed by atoms with van der Waals surface area (Å²) in [6.45, 7) is 5.41. The number of likely N-dealkylation sites (N-methyl/N-ethyl adjacent to an activating group) is 1. The first-order valence-corrected chi connectivity index (χ1v) is 10.1. The molecule has 128 valence electrons. The number of fused-ring (bicyclic) bond motifs is 1. The number of likely N-dealkylation sites (tertiary alicyclic amines) is 1. The molecule has 1 aromatic rings. The summed E-state index contributed by atoms with van der Waals surface area (Å²) < 4.78 is 39.4. The molecule has 2 aliphatic rings. The van der Waals surface area contributed by atoms with Crippen LogP contribution in [-0.2, 0) is 10.0 Å². The average molecular weight is 405 g/mol. The molecule has 0 saturated carbocycles. The van der Waals surface area contributed by atoms with Crippen LogP contribution in [0.3, 0.4) is 0 Å². The molecule has 0 spiro atoms. The summed E-state index contributed by atoms with van der Waals surface area (Å²) in [6, 6.07) is 3.44. The van der Waals surface area contributed by atoms with Gasteiger partial charge in [0.2, 0.25) is 10.0 Å². The van der Waals surface area contributed by atoms with Crippen molar-refractivity contribution in [3.05, 3.63) is 16.6 Å². The molecule has 2 heterocycles. The lowest BCUT2D eigenvalue weighted by Crippen LogP contribution is -2.40. The number of hydrogen-bond donors (Lipinski definition) is 1. The minimum atomic E-state index is -3.60. The summed E-state index contributed by atoms with van der Waals surface area (Å²) in [7, 11) is -3.60. The van der Waals surface area contributed by atoms with E-state index in [0.29, 0.717) is 35.7 Å². The van der Waals surface area contributed by atoms with Crippen LogP contribution in [0.15, 0.2) is 21.5 Å². The second kappa shape index (κ2) is 6.96. The van der Waals surface area contributed by atoms with Crippen molar-refractivity contribution >= 4 is 26.0 Å². The number of rotatable bonds is 5. The second-order valence-electron chi connectivity index (χ2n) is 5.70. The van der Waals surface area contributed by atoms with Gasteiger partial charge in [0.15, 0.2) is 11.5 Å². The Morgan fingerprint density at radius 2 is 2.00 bits per heavy atom. The molecule has 0 unspecified atom stereocenters. The summed E-state index contributed by atoms with van der Waals surface area (Å²) in [5, 5.41) is 0. The lowest BCUT2D eigenvalue weighted by molar-refractivity contribution is 0.171. The van der Waals surface area contributed by atoms with Gasteiger partial charge >= 0.3 is 0 Å². The van der Waals surface area contributed by atoms with Gasteiger partial charge in [-0.3, -0.25) is 4.90 Å². The van der Waals surface area contributed by atoms with Crippen molar-refractivity contribution in [1.82, 2.24) is 9.62 Å². The summed E-state index contributed by atoms with van der Waals surface area (Å²) in [6.07, 6.45) is 2.15. The molecule has 0 aromatic heterocycles. The molecular formula is C15H21BrN2O4S. The van der Waals surface area contributed by atoms with Crippen molar-refractivity contribution < 1.29 is 17.9 Å². The fourth-order valence-corrected chi connectivity index (χ4v) is 5.18. The molecule has 1 aromatic carbocycles. The number of ether oxygens (including phenoxy) is 2. The first-order valence-electron chi connectivity index (χ1n) is 7.84. The quantitative estimate of drug-likeness (QED) is 0.812. The maximum Gasteiger partial charge on any atom is 0.241 e. The molecule has 0 bridgehead atoms. The van der Waals surface area contributed by atoms with E-state index >= 15 is 0 Å². The normalized spacial score (nSPS) is 21.6. The van der Waals surface area contributed by atoms with Gasteiger partial charge in [-0.05, 0) is 47.9 Å². The highest BCUT2D eigenvalue weighted by atomic mass is 79.9. The lowest BCUT2D eigenvalue weighted by Gasteiger charge is -2.23. The Kier molecular flexibility index (Phi) is 5.15. The number of hydrogen-bond acceptors (Lipinski definition) is 5. The molecule has 6 nitrogen and oxygen atoms in total. The molecule has 0 radical (unpaired) electrons. The number of nitrogens with zero attached hydrogens (tertiary/aromatic N) is 1. The van der Waals surface area contributed by atoms with Crippen molar-refractivity contribution in [1.29, 1.82) is 0 Å². The van der Waals surface area contributed by atoms with Gasteiger partial charge in [-0.15, -0.1) is 0 Å². The van der Waals surface area contributed by atoms with Gasteiger partial charge in [-0.25, -0.2) is 13.1 Å². The van der Waals surface area contributed by atoms with Gasteiger partial charge in [-0.1, -0.05) is 6.92 Å². The highest BCUT2D eigenvalue weighted by Crippen LogP contribution is 2.37. The van der Waals surface area contributed by atoms with Crippen molar-refractivity contribution in [2.75, 3.05) is 32.8 Å². The Hall–Kier alpha value is -0.830. The topological polar surface area (TPSA) is 67.9 Å². The highest BCUT2D eigenvalue weighted by Gasteiger charge is 2.27. The Bertz CT molecular complexity index is 680. The van der Waals surface area contributed by atoms with E-state index in [-0.39, 0.29) is 10.9 Å². The SMILES string of the molecule is CCN1CCC[C@H]1CNS(=O)(=O)c1cc2c(cc1Br)OCCO2. The fraction of sp³-hybridized carbons (Fsp3) is 0.600. The summed E-state index contributed by atoms with van der Waals surface area (Å²) in [5.41, 5.74) is 0. The maximum atomic E-state index is 12.6. The van der Waals surface area contributed by atoms with E-state index in [4.69, 9.17) is 9.47 Å². The smallest absolute Gasteiger partial charge is 0.241 e. The molecule has 1 atom stereocenters. The van der Waals surface area contributed by atoms with E-state index in [2.05, 4.69) is 32.5 Å². The summed E-state index contributed by atoms with van der Waals surface area (Å²) in [5.74, 6) is 1.03. The van der Waals surface area contributed by atoms with Gasteiger partial charge in [0, 0.05) is 23.1 Å². The summed E-state index contributed by atoms with van der Waals surface area (Å²) >= 11 is 3.33. The van der Waals surface area contributed by atoms with Gasteiger partial charge < -0.3 is 9.47 Å². The van der Waals surface area contributed by atoms with Crippen LogP contribution in [-0.4, -0.2) is 52.2 Å². The Labute approximate surface area is 145 Å². The zero-order valence-corrected chi connectivity index (χ0v) is 15.5. The van der Waals surface area contributed by atoms with E-state index in [0.717, 1.165) is 25.9 Å². The highest BCUT2D eigenvalue weighted by molar-refractivity contribution is 9.10. The first kappa shape index (κ1) is 17.0. The molecule has 1 fully saturated rings. The minimum absolute atomic E-state index is 0.183. The van der Waals surface area contributed by atoms with Crippen molar-refractivity contribution in [2.24, 2.45) is 0 Å². The standard InChI is InChI=1S/C15H21BrN2O4S/c1-2-18-5-3-4-11(18)10-17-23(19,20)15-9-14-13(8-12(15)16)21-6-7-22-14/h8-9,11,17H,2-7,10H2,1H3/t11-/m0/s1. The third kappa shape index (κ3) is 3.65. The Morgan fingerprint density at radius 3 is 2.70 bits per heavy atom. The van der Waals surface area contributed by atoms with Crippen LogP contribution >= 0.6 is 15.9 Å². The predicted molar refractivity (Wildman–Crippen MR) is 90.6 cm³/mol. The number of halogens is 1.